The quantitative estimate of drug-likeness (QED) is 0.854. The number of hydrogen-bond donors (Lipinski definition) is 0. The highest BCUT2D eigenvalue weighted by molar-refractivity contribution is 7.98. The van der Waals surface area contributed by atoms with E-state index >= 15 is 0 Å². The SMILES string of the molecule is CSCCC(=O)N1CC(=O)N(c2ccc(Cl)cc2)C[C@H]1C. The van der Waals surface area contributed by atoms with Crippen LogP contribution in [0.5, 0.6) is 0 Å². The van der Waals surface area contributed by atoms with Crippen molar-refractivity contribution in [1.29, 1.82) is 0 Å². The smallest absolute Gasteiger partial charge is 0.246 e. The molecule has 0 aliphatic carbocycles. The molecule has 0 bridgehead atoms. The number of amides is 2. The molecule has 0 unspecified atom stereocenters. The third-order valence-electron chi connectivity index (χ3n) is 3.56. The lowest BCUT2D eigenvalue weighted by atomic mass is 10.1. The minimum atomic E-state index is -0.0482. The van der Waals surface area contributed by atoms with Crippen molar-refractivity contribution in [3.63, 3.8) is 0 Å². The largest absolute Gasteiger partial charge is 0.329 e. The van der Waals surface area contributed by atoms with E-state index in [1.807, 2.05) is 25.3 Å². The van der Waals surface area contributed by atoms with Gasteiger partial charge in [0.15, 0.2) is 0 Å². The summed E-state index contributed by atoms with van der Waals surface area (Å²) in [4.78, 5) is 27.8. The van der Waals surface area contributed by atoms with Gasteiger partial charge in [0.1, 0.15) is 6.54 Å². The number of hydrogen-bond acceptors (Lipinski definition) is 3. The molecule has 1 saturated heterocycles. The predicted molar refractivity (Wildman–Crippen MR) is 88.0 cm³/mol. The van der Waals surface area contributed by atoms with Crippen LogP contribution in [0.4, 0.5) is 5.69 Å². The standard InChI is InChI=1S/C15H19ClN2O2S/c1-11-9-18(13-5-3-12(16)4-6-13)15(20)10-17(11)14(19)7-8-21-2/h3-6,11H,7-10H2,1-2H3/t11-/m1/s1. The molecule has 2 amide bonds. The van der Waals surface area contributed by atoms with E-state index in [-0.39, 0.29) is 24.4 Å². The van der Waals surface area contributed by atoms with Gasteiger partial charge in [-0.25, -0.2) is 0 Å². The maximum atomic E-state index is 12.3. The molecule has 114 valence electrons. The number of benzene rings is 1. The number of rotatable bonds is 4. The Balaban J connectivity index is 2.06. The summed E-state index contributed by atoms with van der Waals surface area (Å²) in [5.41, 5.74) is 0.826. The number of piperazine rings is 1. The Labute approximate surface area is 134 Å². The maximum Gasteiger partial charge on any atom is 0.246 e. The van der Waals surface area contributed by atoms with E-state index in [1.54, 1.807) is 33.7 Å². The Morgan fingerprint density at radius 3 is 2.67 bits per heavy atom. The van der Waals surface area contributed by atoms with Crippen LogP contribution in [0, 0.1) is 0 Å². The van der Waals surface area contributed by atoms with Gasteiger partial charge >= 0.3 is 0 Å². The molecule has 1 heterocycles. The monoisotopic (exact) mass is 326 g/mol. The van der Waals surface area contributed by atoms with Gasteiger partial charge in [0.05, 0.1) is 0 Å². The summed E-state index contributed by atoms with van der Waals surface area (Å²) in [6, 6.07) is 7.22. The highest BCUT2D eigenvalue weighted by atomic mass is 35.5. The molecule has 4 nitrogen and oxygen atoms in total. The number of anilines is 1. The zero-order chi connectivity index (χ0) is 15.4. The van der Waals surface area contributed by atoms with Crippen molar-refractivity contribution >= 4 is 40.9 Å². The Morgan fingerprint density at radius 2 is 2.05 bits per heavy atom. The van der Waals surface area contributed by atoms with Gasteiger partial charge in [0, 0.05) is 35.5 Å². The van der Waals surface area contributed by atoms with Crippen LogP contribution in [0.1, 0.15) is 13.3 Å². The summed E-state index contributed by atoms with van der Waals surface area (Å²) >= 11 is 7.51. The Hall–Kier alpha value is -1.20. The lowest BCUT2D eigenvalue weighted by molar-refractivity contribution is -0.138. The third kappa shape index (κ3) is 3.92. The molecule has 1 aliphatic rings. The van der Waals surface area contributed by atoms with Gasteiger partial charge in [-0.05, 0) is 37.4 Å². The fourth-order valence-electron chi connectivity index (χ4n) is 2.39. The molecule has 1 aromatic carbocycles. The lowest BCUT2D eigenvalue weighted by Crippen LogP contribution is -2.57. The van der Waals surface area contributed by atoms with Crippen LogP contribution in [0.15, 0.2) is 24.3 Å². The first-order chi connectivity index (χ1) is 10.0. The number of thioether (sulfide) groups is 1. The minimum absolute atomic E-state index is 0.0211. The normalized spacial score (nSPS) is 19.0. The summed E-state index contributed by atoms with van der Waals surface area (Å²) in [7, 11) is 0. The highest BCUT2D eigenvalue weighted by Gasteiger charge is 2.32. The van der Waals surface area contributed by atoms with Crippen LogP contribution in [-0.4, -0.2) is 47.9 Å². The zero-order valence-corrected chi connectivity index (χ0v) is 13.8. The van der Waals surface area contributed by atoms with Gasteiger partial charge in [-0.15, -0.1) is 0 Å². The molecule has 0 saturated carbocycles. The zero-order valence-electron chi connectivity index (χ0n) is 12.2. The van der Waals surface area contributed by atoms with E-state index in [1.165, 1.54) is 0 Å². The average Bonchev–Trinajstić information content (AvgIpc) is 2.47. The van der Waals surface area contributed by atoms with Crippen LogP contribution >= 0.6 is 23.4 Å². The molecule has 0 N–H and O–H groups in total. The van der Waals surface area contributed by atoms with Crippen LogP contribution in [-0.2, 0) is 9.59 Å². The van der Waals surface area contributed by atoms with Gasteiger partial charge in [0.2, 0.25) is 11.8 Å². The number of nitrogens with zero attached hydrogens (tertiary/aromatic N) is 2. The predicted octanol–water partition coefficient (Wildman–Crippen LogP) is 2.66. The van der Waals surface area contributed by atoms with Gasteiger partial charge in [-0.1, -0.05) is 11.6 Å². The second-order valence-corrected chi connectivity index (χ2v) is 6.52. The van der Waals surface area contributed by atoms with E-state index in [2.05, 4.69) is 0 Å². The van der Waals surface area contributed by atoms with Crippen molar-refractivity contribution in [2.24, 2.45) is 0 Å². The molecule has 0 radical (unpaired) electrons. The topological polar surface area (TPSA) is 40.6 Å². The summed E-state index contributed by atoms with van der Waals surface area (Å²) in [6.07, 6.45) is 2.46. The van der Waals surface area contributed by atoms with E-state index in [9.17, 15) is 9.59 Å². The van der Waals surface area contributed by atoms with Crippen LogP contribution < -0.4 is 4.90 Å². The van der Waals surface area contributed by atoms with Crippen molar-refractivity contribution in [2.75, 3.05) is 30.0 Å². The summed E-state index contributed by atoms with van der Waals surface area (Å²) in [5, 5.41) is 0.644. The third-order valence-corrected chi connectivity index (χ3v) is 4.43. The van der Waals surface area contributed by atoms with Crippen LogP contribution in [0.3, 0.4) is 0 Å². The molecule has 6 heteroatoms. The van der Waals surface area contributed by atoms with Crippen molar-refractivity contribution in [3.05, 3.63) is 29.3 Å². The summed E-state index contributed by atoms with van der Waals surface area (Å²) in [6.45, 7) is 2.65. The first-order valence-corrected chi connectivity index (χ1v) is 8.64. The van der Waals surface area contributed by atoms with Crippen molar-refractivity contribution < 1.29 is 9.59 Å². The average molecular weight is 327 g/mol. The van der Waals surface area contributed by atoms with Gasteiger partial charge in [-0.2, -0.15) is 11.8 Å². The number of carbonyl (C=O) groups excluding carboxylic acids is 2. The molecule has 21 heavy (non-hydrogen) atoms. The van der Waals surface area contributed by atoms with Crippen LogP contribution in [0.2, 0.25) is 5.02 Å². The van der Waals surface area contributed by atoms with Crippen molar-refractivity contribution in [2.45, 2.75) is 19.4 Å². The van der Waals surface area contributed by atoms with E-state index < -0.39 is 0 Å². The molecule has 0 spiro atoms. The highest BCUT2D eigenvalue weighted by Crippen LogP contribution is 2.22. The number of halogens is 1. The first kappa shape index (κ1) is 16.2. The molecular weight excluding hydrogens is 308 g/mol. The van der Waals surface area contributed by atoms with E-state index in [0.29, 0.717) is 18.0 Å². The van der Waals surface area contributed by atoms with Crippen molar-refractivity contribution in [1.82, 2.24) is 4.90 Å². The lowest BCUT2D eigenvalue weighted by Gasteiger charge is -2.39. The molecule has 0 aromatic heterocycles. The Morgan fingerprint density at radius 1 is 1.38 bits per heavy atom. The molecule has 1 atom stereocenters. The van der Waals surface area contributed by atoms with Crippen LogP contribution in [0.25, 0.3) is 0 Å². The first-order valence-electron chi connectivity index (χ1n) is 6.87. The Kier molecular flexibility index (Phi) is 5.53. The van der Waals surface area contributed by atoms with Gasteiger partial charge in [-0.3, -0.25) is 9.59 Å². The van der Waals surface area contributed by atoms with E-state index in [4.69, 9.17) is 11.6 Å². The van der Waals surface area contributed by atoms with Gasteiger partial charge in [0.25, 0.3) is 0 Å². The summed E-state index contributed by atoms with van der Waals surface area (Å²) < 4.78 is 0. The second kappa shape index (κ2) is 7.18. The Bertz CT molecular complexity index is 521. The molecule has 1 aliphatic heterocycles. The van der Waals surface area contributed by atoms with E-state index in [0.717, 1.165) is 11.4 Å². The van der Waals surface area contributed by atoms with Gasteiger partial charge < -0.3 is 9.80 Å². The number of carbonyl (C=O) groups is 2. The molecular formula is C15H19ClN2O2S. The molecule has 1 aromatic rings. The molecule has 2 rings (SSSR count). The minimum Gasteiger partial charge on any atom is -0.329 e. The van der Waals surface area contributed by atoms with Crippen molar-refractivity contribution in [3.8, 4) is 0 Å². The fourth-order valence-corrected chi connectivity index (χ4v) is 2.89. The second-order valence-electron chi connectivity index (χ2n) is 5.09. The fraction of sp³-hybridized carbons (Fsp3) is 0.467. The molecule has 1 fully saturated rings. The summed E-state index contributed by atoms with van der Waals surface area (Å²) in [5.74, 6) is 0.797. The maximum absolute atomic E-state index is 12.3.